The van der Waals surface area contributed by atoms with Gasteiger partial charge in [-0.2, -0.15) is 0 Å². The van der Waals surface area contributed by atoms with E-state index in [4.69, 9.17) is 9.97 Å². The van der Waals surface area contributed by atoms with Crippen molar-refractivity contribution in [3.63, 3.8) is 0 Å². The van der Waals surface area contributed by atoms with Gasteiger partial charge in [0.15, 0.2) is 5.82 Å². The first-order valence-electron chi connectivity index (χ1n) is 15.4. The summed E-state index contributed by atoms with van der Waals surface area (Å²) in [6, 6.07) is 39.2. The molecule has 0 atom stereocenters. The van der Waals surface area contributed by atoms with Gasteiger partial charge in [0, 0.05) is 22.1 Å². The monoisotopic (exact) mass is 560 g/mol. The topological polar surface area (TPSA) is 25.8 Å². The average Bonchev–Trinajstić information content (AvgIpc) is 3.05. The Labute approximate surface area is 256 Å². The normalized spacial score (nSPS) is 13.5. The van der Waals surface area contributed by atoms with Crippen LogP contribution in [0.5, 0.6) is 0 Å². The van der Waals surface area contributed by atoms with Gasteiger partial charge in [-0.25, -0.2) is 9.97 Å². The molecule has 1 aliphatic rings. The van der Waals surface area contributed by atoms with Crippen LogP contribution >= 0.6 is 0 Å². The third-order valence-electron chi connectivity index (χ3n) is 8.85. The Bertz CT molecular complexity index is 1790. The van der Waals surface area contributed by atoms with Gasteiger partial charge in [0.05, 0.1) is 11.4 Å². The quantitative estimate of drug-likeness (QED) is 0.198. The van der Waals surface area contributed by atoms with Crippen molar-refractivity contribution < 1.29 is 0 Å². The van der Waals surface area contributed by atoms with Crippen LogP contribution in [0, 0.1) is 0 Å². The molecule has 0 radical (unpaired) electrons. The molecule has 1 aromatic heterocycles. The molecular formula is C41H40N2. The zero-order valence-electron chi connectivity index (χ0n) is 25.9. The summed E-state index contributed by atoms with van der Waals surface area (Å²) in [5.41, 5.74) is 13.0. The average molecular weight is 561 g/mol. The van der Waals surface area contributed by atoms with E-state index in [9.17, 15) is 0 Å². The molecule has 4 aromatic carbocycles. The van der Waals surface area contributed by atoms with Crippen molar-refractivity contribution in [3.8, 4) is 33.9 Å². The van der Waals surface area contributed by atoms with E-state index < -0.39 is 0 Å². The zero-order chi connectivity index (χ0) is 30.0. The van der Waals surface area contributed by atoms with Crippen molar-refractivity contribution in [3.05, 3.63) is 149 Å². The van der Waals surface area contributed by atoms with Crippen molar-refractivity contribution in [2.24, 2.45) is 0 Å². The van der Waals surface area contributed by atoms with Gasteiger partial charge in [-0.05, 0) is 65.6 Å². The summed E-state index contributed by atoms with van der Waals surface area (Å²) in [6.45, 7) is 11.3. The first-order chi connectivity index (χ1) is 20.8. The number of hydrogen-bond acceptors (Lipinski definition) is 2. The molecular weight excluding hydrogens is 520 g/mol. The van der Waals surface area contributed by atoms with Gasteiger partial charge in [0.1, 0.15) is 0 Å². The van der Waals surface area contributed by atoms with E-state index in [1.165, 1.54) is 33.4 Å². The fourth-order valence-electron chi connectivity index (χ4n) is 5.83. The van der Waals surface area contributed by atoms with E-state index in [0.29, 0.717) is 5.92 Å². The molecule has 6 rings (SSSR count). The Hall–Kier alpha value is -4.56. The van der Waals surface area contributed by atoms with Crippen LogP contribution in [-0.2, 0) is 5.41 Å². The minimum atomic E-state index is -0.117. The Morgan fingerprint density at radius 3 is 1.81 bits per heavy atom. The smallest absolute Gasteiger partial charge is 0.160 e. The highest BCUT2D eigenvalue weighted by atomic mass is 14.9. The van der Waals surface area contributed by atoms with Gasteiger partial charge in [-0.15, -0.1) is 0 Å². The molecule has 214 valence electrons. The Morgan fingerprint density at radius 1 is 0.581 bits per heavy atom. The molecule has 1 heterocycles. The maximum absolute atomic E-state index is 5.13. The van der Waals surface area contributed by atoms with E-state index >= 15 is 0 Å². The maximum atomic E-state index is 5.13. The molecule has 43 heavy (non-hydrogen) atoms. The number of rotatable bonds is 7. The molecule has 2 nitrogen and oxygen atoms in total. The third kappa shape index (κ3) is 6.15. The van der Waals surface area contributed by atoms with Crippen molar-refractivity contribution >= 4 is 5.57 Å². The lowest BCUT2D eigenvalue weighted by Gasteiger charge is -2.27. The highest BCUT2D eigenvalue weighted by Gasteiger charge is 2.23. The number of aromatic nitrogens is 2. The summed E-state index contributed by atoms with van der Waals surface area (Å²) in [4.78, 5) is 10.2. The summed E-state index contributed by atoms with van der Waals surface area (Å²) in [7, 11) is 0. The molecule has 0 amide bonds. The standard InChI is InChI=1S/C41H40N2/c1-28(2)30-18-22-36(23-19-30)41(4,5)37-24-20-33(21-25-37)40-42-38(32-10-7-6-8-11-32)27-39(43-40)35-13-9-12-34(26-35)31-16-14-29(3)15-17-31/h6-14,16,18-28H,15,17H2,1-5H3. The van der Waals surface area contributed by atoms with Crippen molar-refractivity contribution in [1.82, 2.24) is 9.97 Å². The molecule has 0 fully saturated rings. The van der Waals surface area contributed by atoms with Crippen LogP contribution < -0.4 is 0 Å². The molecule has 0 spiro atoms. The summed E-state index contributed by atoms with van der Waals surface area (Å²) in [5.74, 6) is 1.27. The van der Waals surface area contributed by atoms with Gasteiger partial charge in [0.25, 0.3) is 0 Å². The summed E-state index contributed by atoms with van der Waals surface area (Å²) in [6.07, 6.45) is 6.69. The molecule has 0 aliphatic heterocycles. The fraction of sp³-hybridized carbons (Fsp3) is 0.220. The lowest BCUT2D eigenvalue weighted by molar-refractivity contribution is 0.640. The van der Waals surface area contributed by atoms with Gasteiger partial charge < -0.3 is 0 Å². The maximum Gasteiger partial charge on any atom is 0.160 e. The zero-order valence-corrected chi connectivity index (χ0v) is 25.9. The molecule has 0 unspecified atom stereocenters. The minimum Gasteiger partial charge on any atom is -0.228 e. The van der Waals surface area contributed by atoms with E-state index in [-0.39, 0.29) is 5.41 Å². The second-order valence-corrected chi connectivity index (χ2v) is 12.6. The van der Waals surface area contributed by atoms with E-state index in [0.717, 1.165) is 46.7 Å². The first kappa shape index (κ1) is 28.6. The predicted octanol–water partition coefficient (Wildman–Crippen LogP) is 11.1. The van der Waals surface area contributed by atoms with Crippen LogP contribution in [0.25, 0.3) is 39.5 Å². The van der Waals surface area contributed by atoms with Crippen LogP contribution in [0.15, 0.2) is 127 Å². The molecule has 0 N–H and O–H groups in total. The molecule has 0 saturated heterocycles. The Kier molecular flexibility index (Phi) is 7.95. The molecule has 2 heteroatoms. The summed E-state index contributed by atoms with van der Waals surface area (Å²) < 4.78 is 0. The lowest BCUT2D eigenvalue weighted by Crippen LogP contribution is -2.18. The third-order valence-corrected chi connectivity index (χ3v) is 8.85. The molecule has 5 aromatic rings. The van der Waals surface area contributed by atoms with Gasteiger partial charge in [-0.3, -0.25) is 0 Å². The van der Waals surface area contributed by atoms with Crippen LogP contribution in [0.4, 0.5) is 0 Å². The van der Waals surface area contributed by atoms with Gasteiger partial charge >= 0.3 is 0 Å². The van der Waals surface area contributed by atoms with Crippen molar-refractivity contribution in [2.75, 3.05) is 0 Å². The number of hydrogen-bond donors (Lipinski definition) is 0. The van der Waals surface area contributed by atoms with Crippen LogP contribution in [0.2, 0.25) is 0 Å². The van der Waals surface area contributed by atoms with Crippen LogP contribution in [0.1, 0.15) is 75.6 Å². The van der Waals surface area contributed by atoms with E-state index in [1.807, 2.05) is 6.07 Å². The van der Waals surface area contributed by atoms with Gasteiger partial charge in [0.2, 0.25) is 0 Å². The lowest BCUT2D eigenvalue weighted by atomic mass is 9.77. The number of benzene rings is 4. The summed E-state index contributed by atoms with van der Waals surface area (Å²) >= 11 is 0. The van der Waals surface area contributed by atoms with Crippen molar-refractivity contribution in [2.45, 2.75) is 58.8 Å². The fourth-order valence-corrected chi connectivity index (χ4v) is 5.83. The van der Waals surface area contributed by atoms with Crippen molar-refractivity contribution in [1.29, 1.82) is 0 Å². The van der Waals surface area contributed by atoms with Crippen LogP contribution in [-0.4, -0.2) is 9.97 Å². The molecule has 0 saturated carbocycles. The SMILES string of the molecule is CC1=CC=C(c2cccc(-c3cc(-c4ccccc4)nc(-c4ccc(C(C)(C)c5ccc(C(C)C)cc5)cc4)n3)c2)CC1. The second-order valence-electron chi connectivity index (χ2n) is 12.6. The highest BCUT2D eigenvalue weighted by molar-refractivity contribution is 5.76. The Morgan fingerprint density at radius 2 is 1.19 bits per heavy atom. The van der Waals surface area contributed by atoms with Gasteiger partial charge in [-0.1, -0.05) is 142 Å². The molecule has 1 aliphatic carbocycles. The summed E-state index contributed by atoms with van der Waals surface area (Å²) in [5, 5.41) is 0. The highest BCUT2D eigenvalue weighted by Crippen LogP contribution is 2.35. The predicted molar refractivity (Wildman–Crippen MR) is 182 cm³/mol. The minimum absolute atomic E-state index is 0.117. The number of allylic oxidation sites excluding steroid dienone is 4. The molecule has 0 bridgehead atoms. The van der Waals surface area contributed by atoms with E-state index in [2.05, 4.69) is 150 Å². The van der Waals surface area contributed by atoms with E-state index in [1.54, 1.807) is 0 Å². The second kappa shape index (κ2) is 12.0. The largest absolute Gasteiger partial charge is 0.228 e. The first-order valence-corrected chi connectivity index (χ1v) is 15.4. The Balaban J connectivity index is 1.38. The van der Waals surface area contributed by atoms with Crippen LogP contribution in [0.3, 0.4) is 0 Å². The number of nitrogens with zero attached hydrogens (tertiary/aromatic N) is 2.